The molecule has 0 amide bonds. The minimum absolute atomic E-state index is 0.312. The van der Waals surface area contributed by atoms with E-state index in [0.717, 1.165) is 19.6 Å². The van der Waals surface area contributed by atoms with Crippen molar-refractivity contribution in [3.8, 4) is 0 Å². The summed E-state index contributed by atoms with van der Waals surface area (Å²) in [5.41, 5.74) is 0. The summed E-state index contributed by atoms with van der Waals surface area (Å²) in [5.74, 6) is 0.312. The first kappa shape index (κ1) is 7.02. The molecular formula is C5H11NO2S. The molecule has 0 aromatic rings. The van der Waals surface area contributed by atoms with Crippen molar-refractivity contribution in [2.75, 3.05) is 31.6 Å². The van der Waals surface area contributed by atoms with Crippen molar-refractivity contribution >= 4 is 9.84 Å². The van der Waals surface area contributed by atoms with Crippen molar-refractivity contribution in [1.29, 1.82) is 0 Å². The highest BCUT2D eigenvalue weighted by Gasteiger charge is 2.17. The number of sulfone groups is 1. The van der Waals surface area contributed by atoms with Gasteiger partial charge in [0.05, 0.1) is 5.75 Å². The second kappa shape index (κ2) is 2.27. The van der Waals surface area contributed by atoms with Crippen molar-refractivity contribution < 1.29 is 8.42 Å². The van der Waals surface area contributed by atoms with Gasteiger partial charge in [-0.05, 0) is 0 Å². The van der Waals surface area contributed by atoms with E-state index in [1.54, 1.807) is 0 Å². The summed E-state index contributed by atoms with van der Waals surface area (Å²) in [6.45, 7) is 2.88. The summed E-state index contributed by atoms with van der Waals surface area (Å²) in [6.07, 6.45) is 1.27. The van der Waals surface area contributed by atoms with Gasteiger partial charge in [0.2, 0.25) is 0 Å². The van der Waals surface area contributed by atoms with Crippen LogP contribution in [0.1, 0.15) is 0 Å². The third kappa shape index (κ3) is 3.48. The molecule has 0 atom stereocenters. The van der Waals surface area contributed by atoms with E-state index in [2.05, 4.69) is 4.90 Å². The summed E-state index contributed by atoms with van der Waals surface area (Å²) in [6, 6.07) is 0. The van der Waals surface area contributed by atoms with Crippen LogP contribution in [-0.4, -0.2) is 45.0 Å². The standard InChI is InChI=1S/C5H11NO2S/c1-9(7,8)5-4-6-2-3-6/h2-5H2,1H3. The molecule has 0 N–H and O–H groups in total. The Kier molecular flexibility index (Phi) is 1.77. The van der Waals surface area contributed by atoms with Crippen molar-refractivity contribution in [2.45, 2.75) is 0 Å². The van der Waals surface area contributed by atoms with E-state index in [-0.39, 0.29) is 0 Å². The Hall–Kier alpha value is -0.0900. The molecule has 9 heavy (non-hydrogen) atoms. The van der Waals surface area contributed by atoms with Crippen LogP contribution < -0.4 is 0 Å². The molecule has 0 aromatic carbocycles. The molecule has 0 aromatic heterocycles. The molecule has 1 saturated heterocycles. The van der Waals surface area contributed by atoms with Crippen LogP contribution in [0, 0.1) is 0 Å². The Labute approximate surface area is 55.6 Å². The second-order valence-electron chi connectivity index (χ2n) is 2.47. The van der Waals surface area contributed by atoms with Gasteiger partial charge in [-0.25, -0.2) is 8.42 Å². The molecule has 1 rings (SSSR count). The molecule has 3 nitrogen and oxygen atoms in total. The minimum Gasteiger partial charge on any atom is -0.300 e. The van der Waals surface area contributed by atoms with Crippen molar-refractivity contribution in [2.24, 2.45) is 0 Å². The first-order valence-electron chi connectivity index (χ1n) is 2.98. The Morgan fingerprint density at radius 3 is 2.33 bits per heavy atom. The number of hydrogen-bond acceptors (Lipinski definition) is 3. The van der Waals surface area contributed by atoms with E-state index in [1.165, 1.54) is 6.26 Å². The fraction of sp³-hybridized carbons (Fsp3) is 1.00. The summed E-state index contributed by atoms with van der Waals surface area (Å²) in [7, 11) is -2.72. The van der Waals surface area contributed by atoms with Gasteiger partial charge in [0, 0.05) is 25.9 Å². The number of rotatable bonds is 3. The first-order chi connectivity index (χ1) is 4.08. The van der Waals surface area contributed by atoms with Crippen LogP contribution in [0.5, 0.6) is 0 Å². The zero-order valence-corrected chi connectivity index (χ0v) is 6.32. The van der Waals surface area contributed by atoms with Crippen LogP contribution in [0.3, 0.4) is 0 Å². The van der Waals surface area contributed by atoms with Gasteiger partial charge in [-0.1, -0.05) is 0 Å². The maximum absolute atomic E-state index is 10.5. The molecule has 0 aliphatic carbocycles. The summed E-state index contributed by atoms with van der Waals surface area (Å²) < 4.78 is 21.1. The van der Waals surface area contributed by atoms with E-state index in [4.69, 9.17) is 0 Å². The van der Waals surface area contributed by atoms with Gasteiger partial charge in [-0.15, -0.1) is 0 Å². The highest BCUT2D eigenvalue weighted by molar-refractivity contribution is 7.90. The van der Waals surface area contributed by atoms with Crippen molar-refractivity contribution in [3.05, 3.63) is 0 Å². The average molecular weight is 149 g/mol. The maximum atomic E-state index is 10.5. The molecule has 1 aliphatic rings. The molecule has 0 unspecified atom stereocenters. The average Bonchev–Trinajstić information content (AvgIpc) is 2.38. The lowest BCUT2D eigenvalue weighted by Gasteiger charge is -1.96. The SMILES string of the molecule is CS(=O)(=O)CCN1CC1. The molecule has 1 fully saturated rings. The molecule has 1 heterocycles. The molecule has 0 saturated carbocycles. The Morgan fingerprint density at radius 1 is 1.44 bits per heavy atom. The van der Waals surface area contributed by atoms with Gasteiger partial charge in [0.25, 0.3) is 0 Å². The van der Waals surface area contributed by atoms with Gasteiger partial charge in [0.15, 0.2) is 0 Å². The molecule has 54 valence electrons. The van der Waals surface area contributed by atoms with Crippen LogP contribution in [0.2, 0.25) is 0 Å². The fourth-order valence-electron chi connectivity index (χ4n) is 0.589. The van der Waals surface area contributed by atoms with Crippen molar-refractivity contribution in [1.82, 2.24) is 4.90 Å². The lowest BCUT2D eigenvalue weighted by Crippen LogP contribution is -2.13. The van der Waals surface area contributed by atoms with Gasteiger partial charge in [0.1, 0.15) is 9.84 Å². The van der Waals surface area contributed by atoms with E-state index < -0.39 is 9.84 Å². The topological polar surface area (TPSA) is 37.1 Å². The third-order valence-corrected chi connectivity index (χ3v) is 2.24. The third-order valence-electron chi connectivity index (χ3n) is 1.32. The van der Waals surface area contributed by atoms with E-state index in [9.17, 15) is 8.42 Å². The molecule has 4 heteroatoms. The van der Waals surface area contributed by atoms with E-state index >= 15 is 0 Å². The molecule has 1 aliphatic heterocycles. The zero-order chi connectivity index (χ0) is 6.91. The van der Waals surface area contributed by atoms with E-state index in [1.807, 2.05) is 0 Å². The summed E-state index contributed by atoms with van der Waals surface area (Å²) in [4.78, 5) is 2.10. The highest BCUT2D eigenvalue weighted by atomic mass is 32.2. The van der Waals surface area contributed by atoms with Crippen LogP contribution in [0.25, 0.3) is 0 Å². The normalized spacial score (nSPS) is 20.1. The predicted molar refractivity (Wildman–Crippen MR) is 36.2 cm³/mol. The monoisotopic (exact) mass is 149 g/mol. The van der Waals surface area contributed by atoms with Crippen molar-refractivity contribution in [3.63, 3.8) is 0 Å². The Balaban J connectivity index is 2.18. The number of nitrogens with zero attached hydrogens (tertiary/aromatic N) is 1. The lowest BCUT2D eigenvalue weighted by molar-refractivity contribution is 0.567. The van der Waals surface area contributed by atoms with Gasteiger partial charge < -0.3 is 0 Å². The van der Waals surface area contributed by atoms with Crippen LogP contribution in [-0.2, 0) is 9.84 Å². The molecule has 0 radical (unpaired) electrons. The predicted octanol–water partition coefficient (Wildman–Crippen LogP) is -0.653. The molecule has 0 spiro atoms. The van der Waals surface area contributed by atoms with Crippen LogP contribution in [0.15, 0.2) is 0 Å². The van der Waals surface area contributed by atoms with E-state index in [0.29, 0.717) is 5.75 Å². The lowest BCUT2D eigenvalue weighted by atomic mass is 10.8. The van der Waals surface area contributed by atoms with Crippen LogP contribution >= 0.6 is 0 Å². The van der Waals surface area contributed by atoms with Gasteiger partial charge in [-0.2, -0.15) is 0 Å². The Bertz CT molecular complexity index is 181. The second-order valence-corrected chi connectivity index (χ2v) is 4.73. The van der Waals surface area contributed by atoms with Gasteiger partial charge in [-0.3, -0.25) is 4.90 Å². The summed E-state index contributed by atoms with van der Waals surface area (Å²) in [5, 5.41) is 0. The largest absolute Gasteiger partial charge is 0.300 e. The quantitative estimate of drug-likeness (QED) is 0.500. The molecule has 0 bridgehead atoms. The van der Waals surface area contributed by atoms with Gasteiger partial charge >= 0.3 is 0 Å². The van der Waals surface area contributed by atoms with Crippen LogP contribution in [0.4, 0.5) is 0 Å². The smallest absolute Gasteiger partial charge is 0.148 e. The summed E-state index contributed by atoms with van der Waals surface area (Å²) >= 11 is 0. The number of hydrogen-bond donors (Lipinski definition) is 0. The first-order valence-corrected chi connectivity index (χ1v) is 5.04. The maximum Gasteiger partial charge on any atom is 0.148 e. The minimum atomic E-state index is -2.72. The zero-order valence-electron chi connectivity index (χ0n) is 5.50. The Morgan fingerprint density at radius 2 is 2.00 bits per heavy atom. The molecular weight excluding hydrogens is 138 g/mol. The highest BCUT2D eigenvalue weighted by Crippen LogP contribution is 2.01. The fourth-order valence-corrected chi connectivity index (χ4v) is 1.18.